The van der Waals surface area contributed by atoms with Crippen LogP contribution in [-0.2, 0) is 0 Å². The average molecular weight is 186 g/mol. The summed E-state index contributed by atoms with van der Waals surface area (Å²) in [5, 5.41) is 5.72. The molecule has 0 radical (unpaired) electrons. The quantitative estimate of drug-likeness (QED) is 0.779. The highest BCUT2D eigenvalue weighted by Crippen LogP contribution is 2.22. The molecule has 0 saturated heterocycles. The predicted molar refractivity (Wildman–Crippen MR) is 59.2 cm³/mol. The van der Waals surface area contributed by atoms with E-state index in [0.717, 1.165) is 0 Å². The van der Waals surface area contributed by atoms with Gasteiger partial charge in [0.25, 0.3) is 0 Å². The first kappa shape index (κ1) is 9.16. The molecule has 0 spiro atoms. The summed E-state index contributed by atoms with van der Waals surface area (Å²) in [6.45, 7) is 2.14. The van der Waals surface area contributed by atoms with E-state index in [1.807, 2.05) is 25.5 Å². The Bertz CT molecular complexity index is 432. The second-order valence-corrected chi connectivity index (χ2v) is 3.46. The van der Waals surface area contributed by atoms with E-state index in [9.17, 15) is 0 Å². The van der Waals surface area contributed by atoms with Crippen molar-refractivity contribution in [2.75, 3.05) is 7.05 Å². The summed E-state index contributed by atoms with van der Waals surface area (Å²) in [5.74, 6) is 0. The molecule has 1 atom stereocenters. The third-order valence-corrected chi connectivity index (χ3v) is 2.60. The lowest BCUT2D eigenvalue weighted by Gasteiger charge is -2.12. The lowest BCUT2D eigenvalue weighted by Crippen LogP contribution is -2.12. The highest BCUT2D eigenvalue weighted by atomic mass is 14.9. The SMILES string of the molecule is CNC(C)c1cncc2ccccc12. The molecule has 0 aliphatic carbocycles. The van der Waals surface area contributed by atoms with Gasteiger partial charge in [0.15, 0.2) is 0 Å². The highest BCUT2D eigenvalue weighted by molar-refractivity contribution is 5.84. The number of aromatic nitrogens is 1. The van der Waals surface area contributed by atoms with Gasteiger partial charge < -0.3 is 5.32 Å². The first-order chi connectivity index (χ1) is 6.83. The molecule has 2 nitrogen and oxygen atoms in total. The Hall–Kier alpha value is -1.41. The Kier molecular flexibility index (Phi) is 2.46. The molecule has 1 heterocycles. The van der Waals surface area contributed by atoms with Gasteiger partial charge in [-0.15, -0.1) is 0 Å². The minimum atomic E-state index is 0.341. The average Bonchev–Trinajstić information content (AvgIpc) is 2.27. The molecular formula is C12H14N2. The van der Waals surface area contributed by atoms with Crippen LogP contribution in [0.25, 0.3) is 10.8 Å². The van der Waals surface area contributed by atoms with Crippen molar-refractivity contribution >= 4 is 10.8 Å². The molecule has 0 saturated carbocycles. The van der Waals surface area contributed by atoms with Gasteiger partial charge in [-0.3, -0.25) is 4.98 Å². The van der Waals surface area contributed by atoms with Crippen molar-refractivity contribution in [3.63, 3.8) is 0 Å². The molecule has 0 aliphatic heterocycles. The van der Waals surface area contributed by atoms with Crippen LogP contribution < -0.4 is 5.32 Å². The second kappa shape index (κ2) is 3.76. The van der Waals surface area contributed by atoms with Crippen LogP contribution in [0.2, 0.25) is 0 Å². The largest absolute Gasteiger partial charge is 0.313 e. The Balaban J connectivity index is 2.65. The van der Waals surface area contributed by atoms with Gasteiger partial charge in [0.05, 0.1) is 0 Å². The lowest BCUT2D eigenvalue weighted by molar-refractivity contribution is 0.655. The van der Waals surface area contributed by atoms with Crippen LogP contribution in [0.15, 0.2) is 36.7 Å². The normalized spacial score (nSPS) is 13.0. The van der Waals surface area contributed by atoms with Gasteiger partial charge in [0, 0.05) is 23.8 Å². The molecule has 0 bridgehead atoms. The van der Waals surface area contributed by atoms with Gasteiger partial charge in [-0.25, -0.2) is 0 Å². The first-order valence-electron chi connectivity index (χ1n) is 4.83. The number of hydrogen-bond acceptors (Lipinski definition) is 2. The summed E-state index contributed by atoms with van der Waals surface area (Å²) in [7, 11) is 1.96. The van der Waals surface area contributed by atoms with E-state index in [4.69, 9.17) is 0 Å². The molecule has 14 heavy (non-hydrogen) atoms. The minimum Gasteiger partial charge on any atom is -0.313 e. The molecule has 1 N–H and O–H groups in total. The van der Waals surface area contributed by atoms with Crippen LogP contribution in [0.4, 0.5) is 0 Å². The Labute approximate surface area is 84.0 Å². The van der Waals surface area contributed by atoms with Crippen molar-refractivity contribution in [1.29, 1.82) is 0 Å². The summed E-state index contributed by atoms with van der Waals surface area (Å²) >= 11 is 0. The zero-order chi connectivity index (χ0) is 9.97. The van der Waals surface area contributed by atoms with Gasteiger partial charge >= 0.3 is 0 Å². The van der Waals surface area contributed by atoms with Crippen molar-refractivity contribution in [3.8, 4) is 0 Å². The fourth-order valence-corrected chi connectivity index (χ4v) is 1.64. The van der Waals surface area contributed by atoms with E-state index in [0.29, 0.717) is 6.04 Å². The van der Waals surface area contributed by atoms with Crippen LogP contribution in [0.3, 0.4) is 0 Å². The molecule has 0 fully saturated rings. The fraction of sp³-hybridized carbons (Fsp3) is 0.250. The van der Waals surface area contributed by atoms with Crippen molar-refractivity contribution in [2.24, 2.45) is 0 Å². The van der Waals surface area contributed by atoms with Crippen LogP contribution in [-0.4, -0.2) is 12.0 Å². The van der Waals surface area contributed by atoms with Crippen LogP contribution in [0.5, 0.6) is 0 Å². The predicted octanol–water partition coefficient (Wildman–Crippen LogP) is 2.52. The smallest absolute Gasteiger partial charge is 0.0346 e. The Morgan fingerprint density at radius 1 is 1.21 bits per heavy atom. The first-order valence-corrected chi connectivity index (χ1v) is 4.83. The van der Waals surface area contributed by atoms with Gasteiger partial charge in [0.1, 0.15) is 0 Å². The minimum absolute atomic E-state index is 0.341. The zero-order valence-electron chi connectivity index (χ0n) is 8.49. The van der Waals surface area contributed by atoms with Crippen LogP contribution in [0.1, 0.15) is 18.5 Å². The summed E-state index contributed by atoms with van der Waals surface area (Å²) in [4.78, 5) is 4.24. The number of pyridine rings is 1. The molecule has 1 aromatic carbocycles. The maximum atomic E-state index is 4.24. The van der Waals surface area contributed by atoms with E-state index in [1.165, 1.54) is 16.3 Å². The van der Waals surface area contributed by atoms with Crippen molar-refractivity contribution in [2.45, 2.75) is 13.0 Å². The summed E-state index contributed by atoms with van der Waals surface area (Å²) in [5.41, 5.74) is 1.26. The standard InChI is InChI=1S/C12H14N2/c1-9(13-2)12-8-14-7-10-5-3-4-6-11(10)12/h3-9,13H,1-2H3. The maximum Gasteiger partial charge on any atom is 0.0346 e. The second-order valence-electron chi connectivity index (χ2n) is 3.46. The van der Waals surface area contributed by atoms with Gasteiger partial charge in [-0.1, -0.05) is 24.3 Å². The maximum absolute atomic E-state index is 4.24. The van der Waals surface area contributed by atoms with Crippen molar-refractivity contribution in [1.82, 2.24) is 10.3 Å². The Morgan fingerprint density at radius 3 is 2.79 bits per heavy atom. The monoisotopic (exact) mass is 186 g/mol. The molecule has 0 aliphatic rings. The molecule has 1 unspecified atom stereocenters. The summed E-state index contributed by atoms with van der Waals surface area (Å²) in [6, 6.07) is 8.68. The fourth-order valence-electron chi connectivity index (χ4n) is 1.64. The lowest BCUT2D eigenvalue weighted by atomic mass is 10.0. The topological polar surface area (TPSA) is 24.9 Å². The number of fused-ring (bicyclic) bond motifs is 1. The number of rotatable bonds is 2. The van der Waals surface area contributed by atoms with E-state index >= 15 is 0 Å². The van der Waals surface area contributed by atoms with E-state index in [2.05, 4.69) is 35.4 Å². The number of hydrogen-bond donors (Lipinski definition) is 1. The van der Waals surface area contributed by atoms with E-state index in [1.54, 1.807) is 0 Å². The molecule has 1 aromatic heterocycles. The molecular weight excluding hydrogens is 172 g/mol. The van der Waals surface area contributed by atoms with Crippen LogP contribution >= 0.6 is 0 Å². The zero-order valence-corrected chi connectivity index (χ0v) is 8.49. The van der Waals surface area contributed by atoms with Gasteiger partial charge in [-0.2, -0.15) is 0 Å². The summed E-state index contributed by atoms with van der Waals surface area (Å²) in [6.07, 6.45) is 3.84. The summed E-state index contributed by atoms with van der Waals surface area (Å²) < 4.78 is 0. The number of nitrogens with zero attached hydrogens (tertiary/aromatic N) is 1. The molecule has 2 aromatic rings. The third kappa shape index (κ3) is 1.49. The van der Waals surface area contributed by atoms with Gasteiger partial charge in [0.2, 0.25) is 0 Å². The molecule has 0 amide bonds. The Morgan fingerprint density at radius 2 is 2.00 bits per heavy atom. The molecule has 2 heteroatoms. The molecule has 72 valence electrons. The van der Waals surface area contributed by atoms with E-state index in [-0.39, 0.29) is 0 Å². The number of nitrogens with one attached hydrogen (secondary N) is 1. The van der Waals surface area contributed by atoms with Crippen molar-refractivity contribution in [3.05, 3.63) is 42.2 Å². The van der Waals surface area contributed by atoms with Gasteiger partial charge in [-0.05, 0) is 24.9 Å². The van der Waals surface area contributed by atoms with E-state index < -0.39 is 0 Å². The van der Waals surface area contributed by atoms with Crippen molar-refractivity contribution < 1.29 is 0 Å². The number of benzene rings is 1. The molecule has 2 rings (SSSR count). The van der Waals surface area contributed by atoms with Crippen LogP contribution in [0, 0.1) is 0 Å². The highest BCUT2D eigenvalue weighted by Gasteiger charge is 2.06. The third-order valence-electron chi connectivity index (χ3n) is 2.60.